The number of benzene rings is 2. The first-order valence-electron chi connectivity index (χ1n) is 9.30. The molecule has 0 spiro atoms. The van der Waals surface area contributed by atoms with Crippen molar-refractivity contribution in [2.45, 2.75) is 45.3 Å². The van der Waals surface area contributed by atoms with Crippen molar-refractivity contribution in [1.82, 2.24) is 4.90 Å². The van der Waals surface area contributed by atoms with Crippen LogP contribution in [0.1, 0.15) is 36.5 Å². The molecule has 1 aliphatic carbocycles. The van der Waals surface area contributed by atoms with Crippen molar-refractivity contribution < 1.29 is 13.9 Å². The molecule has 1 aliphatic rings. The Morgan fingerprint density at radius 1 is 1.11 bits per heavy atom. The van der Waals surface area contributed by atoms with Gasteiger partial charge < -0.3 is 9.52 Å². The summed E-state index contributed by atoms with van der Waals surface area (Å²) in [6, 6.07) is 12.0. The van der Waals surface area contributed by atoms with E-state index in [0.29, 0.717) is 31.1 Å². The standard InChI is InChI=1S/C22H22FNO3/c1-2-15-9-19-16(10-22(26)27-21(19)11-20(15)25)13-24(18-7-8-18)12-14-3-5-17(23)6-4-14/h3-6,9-11,18,25H,2,7-8,12-13H2,1H3. The lowest BCUT2D eigenvalue weighted by Gasteiger charge is -2.23. The summed E-state index contributed by atoms with van der Waals surface area (Å²) in [6.45, 7) is 3.29. The summed E-state index contributed by atoms with van der Waals surface area (Å²) in [5.74, 6) is -0.0917. The van der Waals surface area contributed by atoms with Crippen molar-refractivity contribution in [2.75, 3.05) is 0 Å². The van der Waals surface area contributed by atoms with Crippen LogP contribution in [0.25, 0.3) is 11.0 Å². The highest BCUT2D eigenvalue weighted by molar-refractivity contribution is 5.82. The molecule has 1 heterocycles. The molecule has 0 saturated heterocycles. The van der Waals surface area contributed by atoms with Crippen LogP contribution in [0, 0.1) is 5.82 Å². The number of hydrogen-bond donors (Lipinski definition) is 1. The number of rotatable bonds is 6. The molecule has 0 atom stereocenters. The first-order valence-corrected chi connectivity index (χ1v) is 9.30. The van der Waals surface area contributed by atoms with Gasteiger partial charge in [-0.25, -0.2) is 9.18 Å². The maximum atomic E-state index is 13.2. The molecular weight excluding hydrogens is 345 g/mol. The number of phenols is 1. The Balaban J connectivity index is 1.69. The smallest absolute Gasteiger partial charge is 0.336 e. The summed E-state index contributed by atoms with van der Waals surface area (Å²) in [6.07, 6.45) is 2.95. The SMILES string of the molecule is CCc1cc2c(CN(Cc3ccc(F)cc3)C3CC3)cc(=O)oc2cc1O. The van der Waals surface area contributed by atoms with Crippen molar-refractivity contribution >= 4 is 11.0 Å². The molecule has 1 N–H and O–H groups in total. The van der Waals surface area contributed by atoms with E-state index in [0.717, 1.165) is 34.9 Å². The normalized spacial score (nSPS) is 14.2. The zero-order valence-electron chi connectivity index (χ0n) is 15.2. The van der Waals surface area contributed by atoms with E-state index in [9.17, 15) is 14.3 Å². The van der Waals surface area contributed by atoms with E-state index in [4.69, 9.17) is 4.42 Å². The van der Waals surface area contributed by atoms with Crippen molar-refractivity contribution in [3.05, 3.63) is 75.4 Å². The first-order chi connectivity index (χ1) is 13.0. The average Bonchev–Trinajstić information content (AvgIpc) is 3.47. The third-order valence-electron chi connectivity index (χ3n) is 5.15. The highest BCUT2D eigenvalue weighted by Crippen LogP contribution is 2.32. The fourth-order valence-corrected chi connectivity index (χ4v) is 3.52. The van der Waals surface area contributed by atoms with Crippen LogP contribution in [0.3, 0.4) is 0 Å². The molecular formula is C22H22FNO3. The van der Waals surface area contributed by atoms with Crippen LogP contribution in [-0.2, 0) is 19.5 Å². The quantitative estimate of drug-likeness (QED) is 0.658. The molecule has 0 radical (unpaired) electrons. The third-order valence-corrected chi connectivity index (χ3v) is 5.15. The second kappa shape index (κ2) is 7.16. The van der Waals surface area contributed by atoms with Gasteiger partial charge in [-0.15, -0.1) is 0 Å². The van der Waals surface area contributed by atoms with E-state index in [2.05, 4.69) is 4.90 Å². The Hall–Kier alpha value is -2.66. The number of phenolic OH excluding ortho intramolecular Hbond substituents is 1. The van der Waals surface area contributed by atoms with Crippen LogP contribution in [0.2, 0.25) is 0 Å². The number of hydrogen-bond acceptors (Lipinski definition) is 4. The minimum atomic E-state index is -0.418. The summed E-state index contributed by atoms with van der Waals surface area (Å²) in [5.41, 5.74) is 2.75. The van der Waals surface area contributed by atoms with E-state index in [1.807, 2.05) is 13.0 Å². The van der Waals surface area contributed by atoms with Crippen molar-refractivity contribution in [3.8, 4) is 5.75 Å². The van der Waals surface area contributed by atoms with Gasteiger partial charge in [0, 0.05) is 36.7 Å². The summed E-state index contributed by atoms with van der Waals surface area (Å²) in [5, 5.41) is 10.9. The fraction of sp³-hybridized carbons (Fsp3) is 0.318. The maximum Gasteiger partial charge on any atom is 0.336 e. The minimum absolute atomic E-state index is 0.149. The van der Waals surface area contributed by atoms with Crippen molar-refractivity contribution in [2.24, 2.45) is 0 Å². The molecule has 4 rings (SSSR count). The first kappa shape index (κ1) is 17.7. The van der Waals surface area contributed by atoms with Gasteiger partial charge in [-0.1, -0.05) is 19.1 Å². The van der Waals surface area contributed by atoms with Gasteiger partial charge in [0.1, 0.15) is 17.1 Å². The van der Waals surface area contributed by atoms with Crippen LogP contribution in [-0.4, -0.2) is 16.0 Å². The lowest BCUT2D eigenvalue weighted by molar-refractivity contribution is 0.246. The molecule has 0 amide bonds. The summed E-state index contributed by atoms with van der Waals surface area (Å²) in [7, 11) is 0. The van der Waals surface area contributed by atoms with Crippen molar-refractivity contribution in [3.63, 3.8) is 0 Å². The Morgan fingerprint density at radius 2 is 1.85 bits per heavy atom. The number of aromatic hydroxyl groups is 1. The molecule has 1 saturated carbocycles. The van der Waals surface area contributed by atoms with Gasteiger partial charge >= 0.3 is 5.63 Å². The van der Waals surface area contributed by atoms with Crippen LogP contribution in [0.15, 0.2) is 51.7 Å². The van der Waals surface area contributed by atoms with Crippen molar-refractivity contribution in [1.29, 1.82) is 0 Å². The van der Waals surface area contributed by atoms with E-state index in [1.165, 1.54) is 18.2 Å². The fourth-order valence-electron chi connectivity index (χ4n) is 3.52. The molecule has 3 aromatic rings. The van der Waals surface area contributed by atoms with E-state index in [1.54, 1.807) is 18.2 Å². The molecule has 0 aliphatic heterocycles. The highest BCUT2D eigenvalue weighted by Gasteiger charge is 2.29. The third kappa shape index (κ3) is 3.88. The van der Waals surface area contributed by atoms with E-state index < -0.39 is 5.63 Å². The summed E-state index contributed by atoms with van der Waals surface area (Å²) < 4.78 is 18.5. The Labute approximate surface area is 156 Å². The predicted molar refractivity (Wildman–Crippen MR) is 102 cm³/mol. The van der Waals surface area contributed by atoms with Gasteiger partial charge in [-0.3, -0.25) is 4.90 Å². The lowest BCUT2D eigenvalue weighted by atomic mass is 10.0. The summed E-state index contributed by atoms with van der Waals surface area (Å²) in [4.78, 5) is 14.3. The number of nitrogens with zero attached hydrogens (tertiary/aromatic N) is 1. The Morgan fingerprint density at radius 3 is 2.52 bits per heavy atom. The maximum absolute atomic E-state index is 13.2. The van der Waals surface area contributed by atoms with Gasteiger partial charge in [-0.2, -0.15) is 0 Å². The zero-order chi connectivity index (χ0) is 19.0. The monoisotopic (exact) mass is 367 g/mol. The number of halogens is 1. The van der Waals surface area contributed by atoms with Gasteiger partial charge in [-0.05, 0) is 54.2 Å². The number of aryl methyl sites for hydroxylation is 1. The number of fused-ring (bicyclic) bond motifs is 1. The Kier molecular flexibility index (Phi) is 4.70. The summed E-state index contributed by atoms with van der Waals surface area (Å²) >= 11 is 0. The van der Waals surface area contributed by atoms with E-state index in [-0.39, 0.29) is 11.6 Å². The van der Waals surface area contributed by atoms with Crippen LogP contribution < -0.4 is 5.63 Å². The molecule has 1 aromatic heterocycles. The topological polar surface area (TPSA) is 53.7 Å². The van der Waals surface area contributed by atoms with E-state index >= 15 is 0 Å². The molecule has 27 heavy (non-hydrogen) atoms. The molecule has 2 aromatic carbocycles. The molecule has 4 nitrogen and oxygen atoms in total. The van der Waals surface area contributed by atoms with Gasteiger partial charge in [0.15, 0.2) is 0 Å². The van der Waals surface area contributed by atoms with Crippen LogP contribution in [0.4, 0.5) is 4.39 Å². The second-order valence-electron chi connectivity index (χ2n) is 7.18. The second-order valence-corrected chi connectivity index (χ2v) is 7.18. The molecule has 5 heteroatoms. The Bertz CT molecular complexity index is 1020. The molecule has 0 unspecified atom stereocenters. The van der Waals surface area contributed by atoms with Gasteiger partial charge in [0.2, 0.25) is 0 Å². The molecule has 140 valence electrons. The average molecular weight is 367 g/mol. The lowest BCUT2D eigenvalue weighted by Crippen LogP contribution is -2.25. The minimum Gasteiger partial charge on any atom is -0.508 e. The predicted octanol–water partition coefficient (Wildman–Crippen LogP) is 4.36. The molecule has 0 bridgehead atoms. The largest absolute Gasteiger partial charge is 0.508 e. The van der Waals surface area contributed by atoms with Crippen LogP contribution in [0.5, 0.6) is 5.75 Å². The van der Waals surface area contributed by atoms with Gasteiger partial charge in [0.25, 0.3) is 0 Å². The highest BCUT2D eigenvalue weighted by atomic mass is 19.1. The molecule has 1 fully saturated rings. The van der Waals surface area contributed by atoms with Gasteiger partial charge in [0.05, 0.1) is 0 Å². The van der Waals surface area contributed by atoms with Crippen LogP contribution >= 0.6 is 0 Å². The zero-order valence-corrected chi connectivity index (χ0v) is 15.2.